The molecule has 0 aliphatic rings. The van der Waals surface area contributed by atoms with Crippen LogP contribution in [0.2, 0.25) is 0 Å². The summed E-state index contributed by atoms with van der Waals surface area (Å²) in [6.45, 7) is 3.75. The van der Waals surface area contributed by atoms with Gasteiger partial charge in [0.1, 0.15) is 0 Å². The summed E-state index contributed by atoms with van der Waals surface area (Å²) in [5, 5.41) is 0. The first-order chi connectivity index (χ1) is 6.87. The van der Waals surface area contributed by atoms with E-state index in [1.165, 1.54) is 14.2 Å². The SMILES string of the molecule is COC(=O)C(CC(C)(C)CCl)C(=O)OC. The van der Waals surface area contributed by atoms with Crippen molar-refractivity contribution in [2.45, 2.75) is 20.3 Å². The number of esters is 2. The standard InChI is InChI=1S/C10H17ClO4/c1-10(2,6-11)5-7(8(12)14-3)9(13)15-4/h7H,5-6H2,1-4H3. The number of methoxy groups -OCH3 is 2. The summed E-state index contributed by atoms with van der Waals surface area (Å²) in [5.74, 6) is -1.70. The minimum Gasteiger partial charge on any atom is -0.468 e. The van der Waals surface area contributed by atoms with Crippen LogP contribution in [-0.2, 0) is 19.1 Å². The average Bonchev–Trinajstić information content (AvgIpc) is 2.23. The number of halogens is 1. The Bertz CT molecular complexity index is 222. The quantitative estimate of drug-likeness (QED) is 0.413. The van der Waals surface area contributed by atoms with Crippen LogP contribution in [0.1, 0.15) is 20.3 Å². The van der Waals surface area contributed by atoms with Crippen LogP contribution in [0.3, 0.4) is 0 Å². The topological polar surface area (TPSA) is 52.6 Å². The molecule has 88 valence electrons. The fourth-order valence-corrected chi connectivity index (χ4v) is 1.26. The van der Waals surface area contributed by atoms with Crippen molar-refractivity contribution in [3.63, 3.8) is 0 Å². The molecule has 0 saturated heterocycles. The zero-order valence-corrected chi connectivity index (χ0v) is 10.3. The summed E-state index contributed by atoms with van der Waals surface area (Å²) in [7, 11) is 2.48. The second kappa shape index (κ2) is 5.95. The van der Waals surface area contributed by atoms with Gasteiger partial charge in [-0.1, -0.05) is 13.8 Å². The minimum atomic E-state index is -0.895. The molecule has 0 bridgehead atoms. The van der Waals surface area contributed by atoms with Crippen molar-refractivity contribution < 1.29 is 19.1 Å². The zero-order valence-electron chi connectivity index (χ0n) is 9.50. The minimum absolute atomic E-state index is 0.311. The van der Waals surface area contributed by atoms with E-state index < -0.39 is 17.9 Å². The third kappa shape index (κ3) is 4.51. The van der Waals surface area contributed by atoms with Gasteiger partial charge in [-0.15, -0.1) is 11.6 Å². The highest BCUT2D eigenvalue weighted by Crippen LogP contribution is 2.28. The first-order valence-corrected chi connectivity index (χ1v) is 5.13. The van der Waals surface area contributed by atoms with Gasteiger partial charge in [0.25, 0.3) is 0 Å². The van der Waals surface area contributed by atoms with Crippen molar-refractivity contribution in [2.24, 2.45) is 11.3 Å². The normalized spacial score (nSPS) is 11.3. The predicted octanol–water partition coefficient (Wildman–Crippen LogP) is 1.60. The van der Waals surface area contributed by atoms with Crippen LogP contribution in [0, 0.1) is 11.3 Å². The van der Waals surface area contributed by atoms with E-state index in [0.29, 0.717) is 12.3 Å². The molecule has 0 aromatic carbocycles. The lowest BCUT2D eigenvalue weighted by molar-refractivity contribution is -0.160. The molecular weight excluding hydrogens is 220 g/mol. The van der Waals surface area contributed by atoms with Crippen molar-refractivity contribution in [3.8, 4) is 0 Å². The molecule has 0 atom stereocenters. The smallest absolute Gasteiger partial charge is 0.320 e. The summed E-state index contributed by atoms with van der Waals surface area (Å²) < 4.78 is 9.09. The molecule has 0 aliphatic heterocycles. The van der Waals surface area contributed by atoms with Crippen LogP contribution >= 0.6 is 11.6 Å². The molecule has 0 radical (unpaired) electrons. The summed E-state index contributed by atoms with van der Waals surface area (Å²) in [5.41, 5.74) is -0.311. The first kappa shape index (κ1) is 14.2. The Hall–Kier alpha value is -0.770. The van der Waals surface area contributed by atoms with Crippen LogP contribution in [0.15, 0.2) is 0 Å². The van der Waals surface area contributed by atoms with E-state index in [0.717, 1.165) is 0 Å². The van der Waals surface area contributed by atoms with Gasteiger partial charge in [-0.2, -0.15) is 0 Å². The Kier molecular flexibility index (Phi) is 5.65. The molecule has 0 aromatic rings. The fourth-order valence-electron chi connectivity index (χ4n) is 1.15. The van der Waals surface area contributed by atoms with Crippen molar-refractivity contribution in [1.82, 2.24) is 0 Å². The molecule has 0 heterocycles. The van der Waals surface area contributed by atoms with Crippen LogP contribution in [0.5, 0.6) is 0 Å². The van der Waals surface area contributed by atoms with Gasteiger partial charge in [0.15, 0.2) is 5.92 Å². The summed E-state index contributed by atoms with van der Waals surface area (Å²) in [4.78, 5) is 22.7. The van der Waals surface area contributed by atoms with Crippen LogP contribution in [0.25, 0.3) is 0 Å². The average molecular weight is 237 g/mol. The van der Waals surface area contributed by atoms with E-state index >= 15 is 0 Å². The number of hydrogen-bond acceptors (Lipinski definition) is 4. The number of carbonyl (C=O) groups is 2. The largest absolute Gasteiger partial charge is 0.468 e. The Morgan fingerprint density at radius 3 is 1.87 bits per heavy atom. The van der Waals surface area contributed by atoms with Crippen LogP contribution in [0.4, 0.5) is 0 Å². The summed E-state index contributed by atoms with van der Waals surface area (Å²) in [6.07, 6.45) is 0.315. The molecule has 0 rings (SSSR count). The number of ether oxygens (including phenoxy) is 2. The molecule has 5 heteroatoms. The van der Waals surface area contributed by atoms with Crippen LogP contribution in [-0.4, -0.2) is 32.0 Å². The number of carbonyl (C=O) groups excluding carboxylic acids is 2. The molecule has 0 N–H and O–H groups in total. The highest BCUT2D eigenvalue weighted by molar-refractivity contribution is 6.18. The Labute approximate surface area is 94.9 Å². The first-order valence-electron chi connectivity index (χ1n) is 4.59. The third-order valence-electron chi connectivity index (χ3n) is 2.09. The molecule has 0 fully saturated rings. The maximum atomic E-state index is 11.3. The molecule has 0 spiro atoms. The second-order valence-electron chi connectivity index (χ2n) is 4.10. The lowest BCUT2D eigenvalue weighted by Crippen LogP contribution is -2.32. The van der Waals surface area contributed by atoms with Gasteiger partial charge < -0.3 is 9.47 Å². The molecule has 15 heavy (non-hydrogen) atoms. The zero-order chi connectivity index (χ0) is 12.1. The molecule has 0 unspecified atom stereocenters. The predicted molar refractivity (Wildman–Crippen MR) is 56.6 cm³/mol. The van der Waals surface area contributed by atoms with Gasteiger partial charge in [0.05, 0.1) is 14.2 Å². The fraction of sp³-hybridized carbons (Fsp3) is 0.800. The van der Waals surface area contributed by atoms with Crippen molar-refractivity contribution in [3.05, 3.63) is 0 Å². The molecule has 0 amide bonds. The lowest BCUT2D eigenvalue weighted by Gasteiger charge is -2.24. The van der Waals surface area contributed by atoms with Gasteiger partial charge in [-0.05, 0) is 11.8 Å². The Morgan fingerprint density at radius 1 is 1.20 bits per heavy atom. The summed E-state index contributed by atoms with van der Waals surface area (Å²) >= 11 is 5.73. The molecule has 0 aliphatic carbocycles. The van der Waals surface area contributed by atoms with Crippen LogP contribution < -0.4 is 0 Å². The summed E-state index contributed by atoms with van der Waals surface area (Å²) in [6, 6.07) is 0. The maximum absolute atomic E-state index is 11.3. The molecule has 4 nitrogen and oxygen atoms in total. The van der Waals surface area contributed by atoms with Gasteiger partial charge in [0.2, 0.25) is 0 Å². The van der Waals surface area contributed by atoms with E-state index in [4.69, 9.17) is 11.6 Å². The highest BCUT2D eigenvalue weighted by Gasteiger charge is 2.34. The monoisotopic (exact) mass is 236 g/mol. The van der Waals surface area contributed by atoms with E-state index in [2.05, 4.69) is 9.47 Å². The van der Waals surface area contributed by atoms with E-state index in [-0.39, 0.29) is 5.41 Å². The van der Waals surface area contributed by atoms with Gasteiger partial charge in [-0.3, -0.25) is 9.59 Å². The van der Waals surface area contributed by atoms with Crippen molar-refractivity contribution in [1.29, 1.82) is 0 Å². The van der Waals surface area contributed by atoms with Gasteiger partial charge in [0, 0.05) is 5.88 Å². The van der Waals surface area contributed by atoms with E-state index in [1.54, 1.807) is 0 Å². The molecule has 0 aromatic heterocycles. The van der Waals surface area contributed by atoms with E-state index in [1.807, 2.05) is 13.8 Å². The second-order valence-corrected chi connectivity index (χ2v) is 4.37. The third-order valence-corrected chi connectivity index (χ3v) is 2.81. The van der Waals surface area contributed by atoms with E-state index in [9.17, 15) is 9.59 Å². The highest BCUT2D eigenvalue weighted by atomic mass is 35.5. The van der Waals surface area contributed by atoms with Gasteiger partial charge in [-0.25, -0.2) is 0 Å². The maximum Gasteiger partial charge on any atom is 0.320 e. The number of hydrogen-bond donors (Lipinski definition) is 0. The Morgan fingerprint density at radius 2 is 1.60 bits per heavy atom. The van der Waals surface area contributed by atoms with Gasteiger partial charge >= 0.3 is 11.9 Å². The molecule has 0 saturated carbocycles. The number of rotatable bonds is 5. The van der Waals surface area contributed by atoms with Crippen molar-refractivity contribution in [2.75, 3.05) is 20.1 Å². The number of alkyl halides is 1. The lowest BCUT2D eigenvalue weighted by atomic mass is 9.84. The van der Waals surface area contributed by atoms with Crippen molar-refractivity contribution >= 4 is 23.5 Å². The Balaban J connectivity index is 4.66. The molecular formula is C10H17ClO4.